The Bertz CT molecular complexity index is 1310. The third-order valence-electron chi connectivity index (χ3n) is 7.48. The lowest BCUT2D eigenvalue weighted by molar-refractivity contribution is -0.125. The largest absolute Gasteiger partial charge is 0.497 e. The number of benzene rings is 1. The fourth-order valence-electron chi connectivity index (χ4n) is 5.28. The highest BCUT2D eigenvalue weighted by atomic mass is 16.5. The van der Waals surface area contributed by atoms with Gasteiger partial charge in [-0.25, -0.2) is 9.78 Å². The van der Waals surface area contributed by atoms with Crippen molar-refractivity contribution in [3.63, 3.8) is 0 Å². The normalized spacial score (nSPS) is 21.6. The number of imide groups is 1. The Kier molecular flexibility index (Phi) is 6.66. The molecular weight excluding hydrogens is 492 g/mol. The van der Waals surface area contributed by atoms with Crippen LogP contribution in [0.15, 0.2) is 30.3 Å². The first-order chi connectivity index (χ1) is 18.3. The molecule has 0 radical (unpaired) electrons. The summed E-state index contributed by atoms with van der Waals surface area (Å²) in [5.41, 5.74) is 0.275. The number of piperazine rings is 1. The van der Waals surface area contributed by atoms with Gasteiger partial charge in [-0.05, 0) is 29.8 Å². The molecule has 1 aromatic carbocycles. The minimum atomic E-state index is -1.55. The molecule has 2 aromatic rings. The van der Waals surface area contributed by atoms with E-state index in [-0.39, 0.29) is 30.6 Å². The average Bonchev–Trinajstić information content (AvgIpc) is 3.41. The first-order valence-corrected chi connectivity index (χ1v) is 12.4. The van der Waals surface area contributed by atoms with Gasteiger partial charge in [0, 0.05) is 44.2 Å². The number of aromatic nitrogens is 1. The first-order valence-electron chi connectivity index (χ1n) is 12.4. The van der Waals surface area contributed by atoms with Gasteiger partial charge in [0.2, 0.25) is 0 Å². The predicted molar refractivity (Wildman–Crippen MR) is 135 cm³/mol. The van der Waals surface area contributed by atoms with E-state index >= 15 is 0 Å². The quantitative estimate of drug-likeness (QED) is 0.446. The molecule has 3 N–H and O–H groups in total. The van der Waals surface area contributed by atoms with Crippen molar-refractivity contribution >= 4 is 23.8 Å². The van der Waals surface area contributed by atoms with E-state index in [4.69, 9.17) is 9.47 Å². The molecule has 12 nitrogen and oxygen atoms in total. The topological polar surface area (TPSA) is 142 Å². The fourth-order valence-corrected chi connectivity index (χ4v) is 5.28. The smallest absolute Gasteiger partial charge is 0.322 e. The van der Waals surface area contributed by atoms with Crippen LogP contribution in [0.1, 0.15) is 44.9 Å². The number of carbonyl (C=O) groups excluding carboxylic acids is 4. The third-order valence-corrected chi connectivity index (χ3v) is 7.48. The van der Waals surface area contributed by atoms with Gasteiger partial charge >= 0.3 is 6.03 Å². The minimum absolute atomic E-state index is 0.109. The van der Waals surface area contributed by atoms with Crippen LogP contribution in [0.4, 0.5) is 4.79 Å². The van der Waals surface area contributed by atoms with Crippen LogP contribution in [0.3, 0.4) is 0 Å². The number of urea groups is 1. The minimum Gasteiger partial charge on any atom is -0.497 e. The van der Waals surface area contributed by atoms with Crippen LogP contribution in [0.2, 0.25) is 0 Å². The molecule has 2 atom stereocenters. The molecule has 0 spiro atoms. The Morgan fingerprint density at radius 3 is 2.53 bits per heavy atom. The summed E-state index contributed by atoms with van der Waals surface area (Å²) in [6.45, 7) is 4.39. The van der Waals surface area contributed by atoms with Crippen molar-refractivity contribution < 1.29 is 28.7 Å². The van der Waals surface area contributed by atoms with Crippen molar-refractivity contribution in [1.29, 1.82) is 0 Å². The van der Waals surface area contributed by atoms with E-state index in [9.17, 15) is 19.2 Å². The Hall–Kier alpha value is -4.19. The number of ether oxygens (including phenoxy) is 2. The second-order valence-corrected chi connectivity index (χ2v) is 9.61. The molecule has 2 fully saturated rings. The zero-order valence-corrected chi connectivity index (χ0v) is 21.5. The number of nitrogens with one attached hydrogen (secondary N) is 3. The maximum absolute atomic E-state index is 13.4. The number of methoxy groups -OCH3 is 2. The number of fused-ring (bicyclic) bond motifs is 1. The summed E-state index contributed by atoms with van der Waals surface area (Å²) in [7, 11) is 2.99. The Labute approximate surface area is 219 Å². The molecule has 3 aliphatic rings. The molecule has 0 bridgehead atoms. The van der Waals surface area contributed by atoms with Crippen LogP contribution >= 0.6 is 0 Å². The van der Waals surface area contributed by atoms with E-state index in [0.717, 1.165) is 5.56 Å². The predicted octanol–water partition coefficient (Wildman–Crippen LogP) is 0.482. The Balaban J connectivity index is 1.49. The lowest BCUT2D eigenvalue weighted by Gasteiger charge is -2.36. The summed E-state index contributed by atoms with van der Waals surface area (Å²) < 4.78 is 10.8. The molecule has 2 saturated heterocycles. The van der Waals surface area contributed by atoms with Gasteiger partial charge in [-0.3, -0.25) is 19.7 Å². The van der Waals surface area contributed by atoms with Crippen LogP contribution in [0, 0.1) is 0 Å². The molecule has 0 aliphatic carbocycles. The number of nitrogens with zero attached hydrogens (tertiary/aromatic N) is 3. The summed E-state index contributed by atoms with van der Waals surface area (Å²) in [6.07, 6.45) is 0. The van der Waals surface area contributed by atoms with E-state index in [1.165, 1.54) is 19.1 Å². The number of rotatable bonds is 7. The second kappa shape index (κ2) is 9.93. The molecule has 1 aromatic heterocycles. The number of hydrogen-bond acceptors (Lipinski definition) is 8. The molecule has 12 heteroatoms. The highest BCUT2D eigenvalue weighted by molar-refractivity contribution is 6.08. The maximum Gasteiger partial charge on any atom is 0.322 e. The van der Waals surface area contributed by atoms with E-state index in [1.807, 2.05) is 6.07 Å². The monoisotopic (exact) mass is 522 g/mol. The lowest BCUT2D eigenvalue weighted by Crippen LogP contribution is -2.58. The molecule has 4 heterocycles. The van der Waals surface area contributed by atoms with Crippen molar-refractivity contribution in [2.24, 2.45) is 0 Å². The van der Waals surface area contributed by atoms with Gasteiger partial charge in [-0.1, -0.05) is 13.0 Å². The van der Waals surface area contributed by atoms with Crippen LogP contribution in [0.5, 0.6) is 11.5 Å². The standard InChI is InChI=1S/C26H30N6O6/c1-15(21-20(38-3)7-6-19(28-21)23(34)31-10-8-27-9-11-31)26(24(35)29-25(36)30-26)14-32-13-16-4-5-17(37-2)12-18(16)22(32)33/h4-7,12,15,27H,8-11,13-14H2,1-3H3,(H2,29,30,35,36). The summed E-state index contributed by atoms with van der Waals surface area (Å²) in [6, 6.07) is 7.81. The second-order valence-electron chi connectivity index (χ2n) is 9.61. The summed E-state index contributed by atoms with van der Waals surface area (Å²) >= 11 is 0. The Morgan fingerprint density at radius 2 is 1.87 bits per heavy atom. The highest BCUT2D eigenvalue weighted by Gasteiger charge is 2.54. The number of carbonyl (C=O) groups is 4. The third kappa shape index (κ3) is 4.30. The molecule has 2 unspecified atom stereocenters. The summed E-state index contributed by atoms with van der Waals surface area (Å²) in [5, 5.41) is 8.29. The first kappa shape index (κ1) is 25.5. The molecular formula is C26H30N6O6. The van der Waals surface area contributed by atoms with E-state index in [2.05, 4.69) is 20.9 Å². The van der Waals surface area contributed by atoms with Crippen molar-refractivity contribution in [3.05, 3.63) is 52.8 Å². The van der Waals surface area contributed by atoms with Crippen molar-refractivity contribution in [3.8, 4) is 11.5 Å². The molecule has 5 rings (SSSR count). The van der Waals surface area contributed by atoms with E-state index < -0.39 is 23.4 Å². The van der Waals surface area contributed by atoms with Gasteiger partial charge in [0.25, 0.3) is 17.7 Å². The SMILES string of the molecule is COc1ccc2c(c1)C(=O)N(CC1(C(C)c3nc(C(=O)N4CCNCC4)ccc3OC)NC(=O)NC1=O)C2. The molecule has 3 aliphatic heterocycles. The number of hydrogen-bond donors (Lipinski definition) is 3. The van der Waals surface area contributed by atoms with Gasteiger partial charge in [0.05, 0.1) is 26.5 Å². The van der Waals surface area contributed by atoms with Crippen molar-refractivity contribution in [2.45, 2.75) is 24.9 Å². The van der Waals surface area contributed by atoms with Crippen LogP contribution in [-0.4, -0.2) is 91.0 Å². The lowest BCUT2D eigenvalue weighted by atomic mass is 9.81. The average molecular weight is 523 g/mol. The zero-order valence-electron chi connectivity index (χ0n) is 21.5. The molecule has 0 saturated carbocycles. The maximum atomic E-state index is 13.4. The van der Waals surface area contributed by atoms with E-state index in [0.29, 0.717) is 48.9 Å². The van der Waals surface area contributed by atoms with Crippen molar-refractivity contribution in [2.75, 3.05) is 46.9 Å². The van der Waals surface area contributed by atoms with Gasteiger partial charge in [0.15, 0.2) is 0 Å². The molecule has 38 heavy (non-hydrogen) atoms. The van der Waals surface area contributed by atoms with Crippen molar-refractivity contribution in [1.82, 2.24) is 30.7 Å². The highest BCUT2D eigenvalue weighted by Crippen LogP contribution is 2.38. The summed E-state index contributed by atoms with van der Waals surface area (Å²) in [5.74, 6) is -0.931. The van der Waals surface area contributed by atoms with Crippen LogP contribution in [0.25, 0.3) is 0 Å². The Morgan fingerprint density at radius 1 is 1.11 bits per heavy atom. The number of pyridine rings is 1. The summed E-state index contributed by atoms with van der Waals surface area (Å²) in [4.78, 5) is 60.1. The fraction of sp³-hybridized carbons (Fsp3) is 0.423. The zero-order chi connectivity index (χ0) is 27.0. The number of amides is 5. The van der Waals surface area contributed by atoms with Crippen LogP contribution < -0.4 is 25.4 Å². The van der Waals surface area contributed by atoms with E-state index in [1.54, 1.807) is 36.1 Å². The van der Waals surface area contributed by atoms with Crippen LogP contribution in [-0.2, 0) is 11.3 Å². The van der Waals surface area contributed by atoms with Gasteiger partial charge in [0.1, 0.15) is 22.7 Å². The molecule has 5 amide bonds. The van der Waals surface area contributed by atoms with Gasteiger partial charge in [-0.15, -0.1) is 0 Å². The van der Waals surface area contributed by atoms with Gasteiger partial charge in [-0.2, -0.15) is 0 Å². The molecule has 200 valence electrons. The van der Waals surface area contributed by atoms with Gasteiger partial charge < -0.3 is 29.9 Å².